The molecule has 6 rings (SSSR count). The van der Waals surface area contributed by atoms with E-state index in [4.69, 9.17) is 21.7 Å². The lowest BCUT2D eigenvalue weighted by atomic mass is 9.68. The Morgan fingerprint density at radius 3 is 2.65 bits per heavy atom. The average molecular weight is 519 g/mol. The van der Waals surface area contributed by atoms with Gasteiger partial charge in [-0.05, 0) is 54.1 Å². The third kappa shape index (κ3) is 2.96. The smallest absolute Gasteiger partial charge is 0.325 e. The predicted octanol–water partition coefficient (Wildman–Crippen LogP) is 3.17. The molecule has 1 aromatic carbocycles. The van der Waals surface area contributed by atoms with Crippen molar-refractivity contribution in [1.29, 1.82) is 0 Å². The Kier molecular flexibility index (Phi) is 5.09. The van der Waals surface area contributed by atoms with E-state index in [0.29, 0.717) is 9.70 Å². The third-order valence-corrected chi connectivity index (χ3v) is 10.8. The van der Waals surface area contributed by atoms with Crippen LogP contribution in [0.5, 0.6) is 11.5 Å². The van der Waals surface area contributed by atoms with Crippen molar-refractivity contribution in [3.63, 3.8) is 0 Å². The molecular formula is C23H22N2O6S3. The summed E-state index contributed by atoms with van der Waals surface area (Å²) in [7, 11) is 2.76. The number of carbonyl (C=O) groups is 3. The van der Waals surface area contributed by atoms with E-state index in [0.717, 1.165) is 26.8 Å². The summed E-state index contributed by atoms with van der Waals surface area (Å²) in [5.41, 5.74) is 0.937. The van der Waals surface area contributed by atoms with Crippen LogP contribution in [0.25, 0.3) is 0 Å². The van der Waals surface area contributed by atoms with Gasteiger partial charge in [0.2, 0.25) is 11.8 Å². The van der Waals surface area contributed by atoms with E-state index in [2.05, 4.69) is 4.98 Å². The molecule has 0 spiro atoms. The normalized spacial score (nSPS) is 33.0. The molecule has 34 heavy (non-hydrogen) atoms. The molecule has 1 aromatic heterocycles. The second-order valence-corrected chi connectivity index (χ2v) is 12.1. The number of aromatic hydroxyl groups is 1. The zero-order valence-electron chi connectivity index (χ0n) is 18.3. The van der Waals surface area contributed by atoms with E-state index < -0.39 is 17.8 Å². The number of hydrogen-bond donors (Lipinski definition) is 2. The number of imide groups is 1. The lowest BCUT2D eigenvalue weighted by Gasteiger charge is -2.43. The van der Waals surface area contributed by atoms with Crippen molar-refractivity contribution in [2.24, 2.45) is 29.6 Å². The highest BCUT2D eigenvalue weighted by atomic mass is 32.2. The summed E-state index contributed by atoms with van der Waals surface area (Å²) in [6.45, 7) is -0.334. The van der Waals surface area contributed by atoms with Gasteiger partial charge in [-0.25, -0.2) is 0 Å². The van der Waals surface area contributed by atoms with Crippen LogP contribution < -0.4 is 4.74 Å². The number of methoxy groups -OCH3 is 2. The maximum atomic E-state index is 13.4. The van der Waals surface area contributed by atoms with Gasteiger partial charge in [-0.1, -0.05) is 6.07 Å². The molecule has 2 aliphatic heterocycles. The van der Waals surface area contributed by atoms with Crippen molar-refractivity contribution in [2.75, 3.05) is 20.8 Å². The second-order valence-electron chi connectivity index (χ2n) is 9.23. The summed E-state index contributed by atoms with van der Waals surface area (Å²) in [6.07, 6.45) is 0.801. The van der Waals surface area contributed by atoms with E-state index in [1.165, 1.54) is 25.6 Å². The molecule has 3 heterocycles. The number of hydrogen-bond acceptors (Lipinski definition) is 9. The number of H-pyrrole nitrogens is 1. The van der Waals surface area contributed by atoms with Crippen LogP contribution in [0.1, 0.15) is 22.8 Å². The number of carbonyl (C=O) groups excluding carboxylic acids is 3. The maximum Gasteiger partial charge on any atom is 0.325 e. The number of nitrogens with one attached hydrogen (secondary N) is 1. The number of thioether (sulfide) groups is 1. The third-order valence-electron chi connectivity index (χ3n) is 7.89. The largest absolute Gasteiger partial charge is 0.504 e. The number of likely N-dealkylation sites (tertiary alicyclic amines) is 1. The van der Waals surface area contributed by atoms with Gasteiger partial charge in [0.15, 0.2) is 15.5 Å². The lowest BCUT2D eigenvalue weighted by molar-refractivity contribution is -0.151. The molecule has 2 aromatic rings. The number of benzene rings is 1. The number of aromatic nitrogens is 1. The summed E-state index contributed by atoms with van der Waals surface area (Å²) >= 11 is 8.71. The Morgan fingerprint density at radius 2 is 1.97 bits per heavy atom. The van der Waals surface area contributed by atoms with Crippen LogP contribution in [0.4, 0.5) is 0 Å². The van der Waals surface area contributed by atoms with E-state index in [9.17, 15) is 19.5 Å². The first-order valence-electron chi connectivity index (χ1n) is 11.0. The van der Waals surface area contributed by atoms with Gasteiger partial charge in [-0.3, -0.25) is 19.3 Å². The SMILES string of the molecule is COC(=O)CN1C(=O)C2C3CC(C2C1=O)C1C(c2ccc(OC)c(O)c2)c2sc(=S)[nH]c2SC31. The summed E-state index contributed by atoms with van der Waals surface area (Å²) < 4.78 is 10.6. The van der Waals surface area contributed by atoms with Crippen LogP contribution in [0.15, 0.2) is 23.2 Å². The van der Waals surface area contributed by atoms with E-state index in [1.54, 1.807) is 23.9 Å². The van der Waals surface area contributed by atoms with Crippen LogP contribution >= 0.6 is 35.3 Å². The fourth-order valence-corrected chi connectivity index (χ4v) is 10.0. The van der Waals surface area contributed by atoms with Crippen LogP contribution in [0.3, 0.4) is 0 Å². The summed E-state index contributed by atoms with van der Waals surface area (Å²) in [5, 5.41) is 11.6. The molecule has 1 saturated heterocycles. The molecule has 3 fully saturated rings. The number of fused-ring (bicyclic) bond motifs is 9. The number of rotatable bonds is 4. The zero-order chi connectivity index (χ0) is 23.9. The number of phenolic OH excluding ortho intramolecular Hbond substituents is 1. The van der Waals surface area contributed by atoms with Gasteiger partial charge >= 0.3 is 5.97 Å². The zero-order valence-corrected chi connectivity index (χ0v) is 20.8. The first-order chi connectivity index (χ1) is 16.3. The average Bonchev–Trinajstić information content (AvgIpc) is 3.54. The van der Waals surface area contributed by atoms with Crippen molar-refractivity contribution in [2.45, 2.75) is 22.6 Å². The van der Waals surface area contributed by atoms with Gasteiger partial charge < -0.3 is 19.6 Å². The second kappa shape index (κ2) is 7.82. The molecule has 0 radical (unpaired) electrons. The molecule has 8 nitrogen and oxygen atoms in total. The number of thiazole rings is 1. The highest BCUT2D eigenvalue weighted by molar-refractivity contribution is 8.00. The van der Waals surface area contributed by atoms with Crippen LogP contribution in [-0.2, 0) is 19.1 Å². The minimum Gasteiger partial charge on any atom is -0.504 e. The Bertz CT molecular complexity index is 1290. The van der Waals surface area contributed by atoms with Crippen molar-refractivity contribution >= 4 is 53.1 Å². The number of amides is 2. The molecular weight excluding hydrogens is 496 g/mol. The molecule has 4 aliphatic rings. The molecule has 2 N–H and O–H groups in total. The van der Waals surface area contributed by atoms with E-state index in [-0.39, 0.29) is 53.0 Å². The predicted molar refractivity (Wildman–Crippen MR) is 126 cm³/mol. The number of phenols is 1. The quantitative estimate of drug-likeness (QED) is 0.361. The van der Waals surface area contributed by atoms with Gasteiger partial charge in [-0.15, -0.1) is 23.1 Å². The van der Waals surface area contributed by atoms with Gasteiger partial charge in [0.05, 0.1) is 31.1 Å². The number of esters is 1. The Balaban J connectivity index is 1.43. The Labute approximate surface area is 208 Å². The van der Waals surface area contributed by atoms with Gasteiger partial charge in [-0.2, -0.15) is 0 Å². The number of nitrogens with zero attached hydrogens (tertiary/aromatic N) is 1. The lowest BCUT2D eigenvalue weighted by Crippen LogP contribution is -2.42. The van der Waals surface area contributed by atoms with E-state index in [1.807, 2.05) is 6.07 Å². The first kappa shape index (κ1) is 22.1. The summed E-state index contributed by atoms with van der Waals surface area (Å²) in [4.78, 5) is 44.0. The monoisotopic (exact) mass is 518 g/mol. The van der Waals surface area contributed by atoms with Crippen molar-refractivity contribution in [1.82, 2.24) is 9.88 Å². The Morgan fingerprint density at radius 1 is 1.24 bits per heavy atom. The van der Waals surface area contributed by atoms with Crippen LogP contribution in [-0.4, -0.2) is 58.8 Å². The standard InChI is InChI=1S/C23H22N2O6S3/c1-30-12-4-3-8(5-11(12)26)14-15-9-6-10(18(15)33-20-19(14)34-23(32)24-20)17-16(9)21(28)25(22(17)29)7-13(27)31-2/h3-5,9-10,14-18,26H,6-7H2,1-2H3,(H,24,32). The molecule has 7 atom stereocenters. The van der Waals surface area contributed by atoms with Crippen molar-refractivity contribution in [3.05, 3.63) is 32.6 Å². The molecule has 2 saturated carbocycles. The highest BCUT2D eigenvalue weighted by Crippen LogP contribution is 2.68. The van der Waals surface area contributed by atoms with Gasteiger partial charge in [0, 0.05) is 16.0 Å². The van der Waals surface area contributed by atoms with Gasteiger partial charge in [0.1, 0.15) is 6.54 Å². The fraction of sp³-hybridized carbons (Fsp3) is 0.478. The molecule has 7 unspecified atom stereocenters. The fourth-order valence-electron chi connectivity index (χ4n) is 6.70. The van der Waals surface area contributed by atoms with Crippen LogP contribution in [0.2, 0.25) is 0 Å². The maximum absolute atomic E-state index is 13.4. The van der Waals surface area contributed by atoms with Crippen molar-refractivity contribution in [3.8, 4) is 11.5 Å². The molecule has 2 amide bonds. The summed E-state index contributed by atoms with van der Waals surface area (Å²) in [6, 6.07) is 5.45. The van der Waals surface area contributed by atoms with E-state index >= 15 is 0 Å². The van der Waals surface area contributed by atoms with Crippen LogP contribution in [0, 0.1) is 33.5 Å². The highest BCUT2D eigenvalue weighted by Gasteiger charge is 2.69. The molecule has 2 aliphatic carbocycles. The Hall–Kier alpha value is -2.37. The van der Waals surface area contributed by atoms with Gasteiger partial charge in [0.25, 0.3) is 0 Å². The molecule has 11 heteroatoms. The number of aromatic amines is 1. The first-order valence-corrected chi connectivity index (χ1v) is 13.1. The number of ether oxygens (including phenoxy) is 2. The minimum atomic E-state index is -0.595. The van der Waals surface area contributed by atoms with Crippen molar-refractivity contribution < 1.29 is 29.0 Å². The minimum absolute atomic E-state index is 0.00432. The topological polar surface area (TPSA) is 109 Å². The molecule has 2 bridgehead atoms. The summed E-state index contributed by atoms with van der Waals surface area (Å²) in [5.74, 6) is -1.40. The molecule has 178 valence electrons.